The zero-order chi connectivity index (χ0) is 22.4. The van der Waals surface area contributed by atoms with Gasteiger partial charge in [-0.2, -0.15) is 0 Å². The predicted molar refractivity (Wildman–Crippen MR) is 153 cm³/mol. The molecule has 0 aliphatic rings. The van der Waals surface area contributed by atoms with Crippen LogP contribution < -0.4 is 0 Å². The Bertz CT molecular complexity index is 533. The van der Waals surface area contributed by atoms with E-state index in [1.54, 1.807) is 18.5 Å². The van der Waals surface area contributed by atoms with Crippen molar-refractivity contribution >= 4 is 20.3 Å². The number of rotatable bonds is 16. The zero-order valence-corrected chi connectivity index (χ0v) is 22.9. The zero-order valence-electron chi connectivity index (χ0n) is 21.2. The molecule has 2 aromatic carbocycles. The third kappa shape index (κ3) is 16.7. The van der Waals surface area contributed by atoms with Crippen LogP contribution in [-0.2, 0) is 0 Å². The number of benzene rings is 2. The summed E-state index contributed by atoms with van der Waals surface area (Å²) in [7, 11) is 0.389. The number of halogens is 1. The normalized spacial score (nSPS) is 10.4. The van der Waals surface area contributed by atoms with Gasteiger partial charge in [-0.25, -0.2) is 0 Å². The fourth-order valence-corrected chi connectivity index (χ4v) is 6.57. The fourth-order valence-electron chi connectivity index (χ4n) is 3.88. The third-order valence-corrected chi connectivity index (χ3v) is 8.71. The van der Waals surface area contributed by atoms with Crippen LogP contribution in [0.25, 0.3) is 11.1 Å². The van der Waals surface area contributed by atoms with Gasteiger partial charge < -0.3 is 0 Å². The molecule has 0 aliphatic carbocycles. The second kappa shape index (κ2) is 23.3. The van der Waals surface area contributed by atoms with E-state index in [4.69, 9.17) is 0 Å². The molecule has 0 aliphatic heterocycles. The van der Waals surface area contributed by atoms with E-state index in [-0.39, 0.29) is 12.4 Å². The molecule has 0 saturated heterocycles. The Kier molecular flexibility index (Phi) is 22.7. The van der Waals surface area contributed by atoms with E-state index in [1.165, 1.54) is 88.2 Å². The van der Waals surface area contributed by atoms with Crippen molar-refractivity contribution in [2.75, 3.05) is 18.5 Å². The monoisotopic (exact) mass is 476 g/mol. The maximum Gasteiger partial charge on any atom is -0.0184 e. The first-order chi connectivity index (χ1) is 15.3. The van der Waals surface area contributed by atoms with Crippen molar-refractivity contribution in [3.63, 3.8) is 0 Å². The maximum absolute atomic E-state index is 2.32. The van der Waals surface area contributed by atoms with Crippen LogP contribution in [0.3, 0.4) is 0 Å². The lowest BCUT2D eigenvalue weighted by Crippen LogP contribution is -1.97. The molecular weight excluding hydrogens is 427 g/mol. The summed E-state index contributed by atoms with van der Waals surface area (Å²) >= 11 is 0. The molecule has 0 N–H and O–H groups in total. The summed E-state index contributed by atoms with van der Waals surface area (Å²) in [6.07, 6.45) is 22.2. The second-order valence-corrected chi connectivity index (χ2v) is 11.4. The summed E-state index contributed by atoms with van der Waals surface area (Å²) in [6.45, 7) is 6.95. The second-order valence-electron chi connectivity index (χ2n) is 8.76. The van der Waals surface area contributed by atoms with Crippen LogP contribution in [0, 0.1) is 0 Å². The topological polar surface area (TPSA) is 0 Å². The van der Waals surface area contributed by atoms with Crippen LogP contribution in [-0.4, -0.2) is 18.5 Å². The SMILES string of the molecule is CCCCCCP(CCCCCC)CCCCCC.Cl.c1ccc(-c2ccccc2)cc1. The van der Waals surface area contributed by atoms with Crippen molar-refractivity contribution in [2.24, 2.45) is 0 Å². The molecule has 0 aromatic heterocycles. The minimum atomic E-state index is 0. The summed E-state index contributed by atoms with van der Waals surface area (Å²) in [6, 6.07) is 20.8. The molecule has 2 aromatic rings. The first kappa shape index (κ1) is 31.2. The number of hydrogen-bond donors (Lipinski definition) is 0. The van der Waals surface area contributed by atoms with Gasteiger partial charge in [-0.3, -0.25) is 0 Å². The summed E-state index contributed by atoms with van der Waals surface area (Å²) in [5.74, 6) is 0. The molecule has 0 nitrogen and oxygen atoms in total. The van der Waals surface area contributed by atoms with Gasteiger partial charge in [0.1, 0.15) is 0 Å². The van der Waals surface area contributed by atoms with Gasteiger partial charge >= 0.3 is 0 Å². The largest absolute Gasteiger partial charge is 0.147 e. The van der Waals surface area contributed by atoms with Crippen molar-refractivity contribution < 1.29 is 0 Å². The van der Waals surface area contributed by atoms with E-state index in [0.717, 1.165) is 0 Å². The highest BCUT2D eigenvalue weighted by atomic mass is 35.5. The first-order valence-electron chi connectivity index (χ1n) is 13.1. The molecule has 32 heavy (non-hydrogen) atoms. The van der Waals surface area contributed by atoms with Crippen molar-refractivity contribution in [1.82, 2.24) is 0 Å². The molecule has 0 amide bonds. The Balaban J connectivity index is 0.000000631. The molecule has 0 bridgehead atoms. The van der Waals surface area contributed by atoms with E-state index in [1.807, 2.05) is 12.1 Å². The van der Waals surface area contributed by atoms with Crippen LogP contribution >= 0.6 is 20.3 Å². The standard InChI is InChI=1S/C18H39P.C12H10.ClH/c1-4-7-10-13-16-19(17-14-11-8-5-2)18-15-12-9-6-3;1-3-7-11(8-4-1)12-9-5-2-6-10-12;/h4-18H2,1-3H3;1-10H;1H. The average Bonchev–Trinajstić information content (AvgIpc) is 2.83. The van der Waals surface area contributed by atoms with Crippen molar-refractivity contribution in [2.45, 2.75) is 97.8 Å². The molecule has 0 atom stereocenters. The van der Waals surface area contributed by atoms with Crippen molar-refractivity contribution in [3.05, 3.63) is 60.7 Å². The Morgan fingerprint density at radius 3 is 1.03 bits per heavy atom. The van der Waals surface area contributed by atoms with Gasteiger partial charge in [0.2, 0.25) is 0 Å². The summed E-state index contributed by atoms with van der Waals surface area (Å²) < 4.78 is 0. The summed E-state index contributed by atoms with van der Waals surface area (Å²) in [5, 5.41) is 0. The van der Waals surface area contributed by atoms with Gasteiger partial charge in [0.05, 0.1) is 0 Å². The lowest BCUT2D eigenvalue weighted by atomic mass is 10.1. The number of unbranched alkanes of at least 4 members (excludes halogenated alkanes) is 9. The van der Waals surface area contributed by atoms with Gasteiger partial charge in [0, 0.05) is 0 Å². The van der Waals surface area contributed by atoms with Gasteiger partial charge in [-0.05, 0) is 48.9 Å². The van der Waals surface area contributed by atoms with Crippen LogP contribution in [0.4, 0.5) is 0 Å². The molecule has 2 rings (SSSR count). The van der Waals surface area contributed by atoms with Crippen LogP contribution in [0.2, 0.25) is 0 Å². The van der Waals surface area contributed by atoms with Gasteiger partial charge in [-0.1, -0.05) is 139 Å². The predicted octanol–water partition coefficient (Wildman–Crippen LogP) is 11.0. The molecule has 0 saturated carbocycles. The summed E-state index contributed by atoms with van der Waals surface area (Å²) in [4.78, 5) is 0. The van der Waals surface area contributed by atoms with Crippen molar-refractivity contribution in [3.8, 4) is 11.1 Å². The van der Waals surface area contributed by atoms with E-state index >= 15 is 0 Å². The summed E-state index contributed by atoms with van der Waals surface area (Å²) in [5.41, 5.74) is 2.55. The lowest BCUT2D eigenvalue weighted by Gasteiger charge is -2.17. The molecule has 0 heterocycles. The first-order valence-corrected chi connectivity index (χ1v) is 15.0. The minimum Gasteiger partial charge on any atom is -0.147 e. The lowest BCUT2D eigenvalue weighted by molar-refractivity contribution is 0.687. The van der Waals surface area contributed by atoms with Gasteiger partial charge in [0.25, 0.3) is 0 Å². The Morgan fingerprint density at radius 1 is 0.438 bits per heavy atom. The average molecular weight is 477 g/mol. The quantitative estimate of drug-likeness (QED) is 0.167. The molecule has 0 radical (unpaired) electrons. The van der Waals surface area contributed by atoms with E-state index in [2.05, 4.69) is 69.3 Å². The number of hydrogen-bond acceptors (Lipinski definition) is 0. The molecule has 182 valence electrons. The fraction of sp³-hybridized carbons (Fsp3) is 0.600. The Hall–Kier alpha value is -0.840. The molecular formula is C30H50ClP. The highest BCUT2D eigenvalue weighted by molar-refractivity contribution is 7.57. The van der Waals surface area contributed by atoms with E-state index in [9.17, 15) is 0 Å². The van der Waals surface area contributed by atoms with Crippen LogP contribution in [0.1, 0.15) is 97.8 Å². The maximum atomic E-state index is 2.32. The van der Waals surface area contributed by atoms with Crippen molar-refractivity contribution in [1.29, 1.82) is 0 Å². The molecule has 0 fully saturated rings. The molecule has 0 spiro atoms. The van der Waals surface area contributed by atoms with E-state index < -0.39 is 0 Å². The highest BCUT2D eigenvalue weighted by Crippen LogP contribution is 2.39. The smallest absolute Gasteiger partial charge is 0.0184 e. The van der Waals surface area contributed by atoms with E-state index in [0.29, 0.717) is 7.92 Å². The highest BCUT2D eigenvalue weighted by Gasteiger charge is 2.07. The minimum absolute atomic E-state index is 0. The van der Waals surface area contributed by atoms with Crippen LogP contribution in [0.15, 0.2) is 60.7 Å². The Morgan fingerprint density at radius 2 is 0.750 bits per heavy atom. The van der Waals surface area contributed by atoms with Gasteiger partial charge in [-0.15, -0.1) is 20.3 Å². The molecule has 2 heteroatoms. The molecule has 0 unspecified atom stereocenters. The third-order valence-electron chi connectivity index (χ3n) is 5.86. The Labute approximate surface area is 208 Å². The van der Waals surface area contributed by atoms with Gasteiger partial charge in [0.15, 0.2) is 0 Å². The van der Waals surface area contributed by atoms with Crippen LogP contribution in [0.5, 0.6) is 0 Å².